The maximum atomic E-state index is 13.5. The van der Waals surface area contributed by atoms with Gasteiger partial charge in [0.15, 0.2) is 0 Å². The predicted octanol–water partition coefficient (Wildman–Crippen LogP) is -1.09. The maximum Gasteiger partial charge on any atom is 0.245 e. The van der Waals surface area contributed by atoms with Gasteiger partial charge in [0.25, 0.3) is 0 Å². The van der Waals surface area contributed by atoms with Crippen molar-refractivity contribution in [1.82, 2.24) is 26.2 Å². The number of rotatable bonds is 4. The summed E-state index contributed by atoms with van der Waals surface area (Å²) in [6, 6.07) is 2.39. The molecule has 2 saturated heterocycles. The average molecular weight is 586 g/mol. The second kappa shape index (κ2) is 13.4. The molecule has 3 rings (SSSR count). The number of hydrogen-bond donors (Lipinski definition) is 6. The molecule has 6 N–H and O–H groups in total. The Hall–Kier alpha value is -2.93. The summed E-state index contributed by atoms with van der Waals surface area (Å²) in [4.78, 5) is 67.1. The van der Waals surface area contributed by atoms with E-state index in [0.717, 1.165) is 4.90 Å². The number of alkyl halides is 2. The molecule has 2 aliphatic rings. The van der Waals surface area contributed by atoms with Gasteiger partial charge in [-0.3, -0.25) is 24.0 Å². The molecule has 0 saturated carbocycles. The van der Waals surface area contributed by atoms with Crippen molar-refractivity contribution in [3.63, 3.8) is 0 Å². The summed E-state index contributed by atoms with van der Waals surface area (Å²) in [6.07, 6.45) is -1.49. The zero-order valence-electron chi connectivity index (χ0n) is 21.5. The van der Waals surface area contributed by atoms with Crippen molar-refractivity contribution >= 4 is 52.7 Å². The van der Waals surface area contributed by atoms with Gasteiger partial charge in [-0.2, -0.15) is 0 Å². The molecule has 14 heteroatoms. The van der Waals surface area contributed by atoms with E-state index in [1.165, 1.54) is 6.92 Å². The second-order valence-corrected chi connectivity index (χ2v) is 10.6. The lowest BCUT2D eigenvalue weighted by molar-refractivity contribution is -0.143. The number of nitrogens with one attached hydrogen (secondary N) is 4. The molecule has 0 spiro atoms. The predicted molar refractivity (Wildman–Crippen MR) is 142 cm³/mol. The van der Waals surface area contributed by atoms with Gasteiger partial charge in [0.2, 0.25) is 29.5 Å². The summed E-state index contributed by atoms with van der Waals surface area (Å²) >= 11 is 12.7. The van der Waals surface area contributed by atoms with Crippen molar-refractivity contribution in [3.05, 3.63) is 35.9 Å². The SMILES string of the molecule is CC[C@@H]1NC(=O)C[C@H](c2ccccc2)NC(=O)[C@H](CO)NC(=O)[C@H]([C@@H](C)O)NC(=O)[C@@H]2[C@H](Cl)[C@H](Cl)CN2C1=O. The van der Waals surface area contributed by atoms with Gasteiger partial charge in [-0.25, -0.2) is 0 Å². The largest absolute Gasteiger partial charge is 0.394 e. The van der Waals surface area contributed by atoms with Crippen LogP contribution in [0.15, 0.2) is 30.3 Å². The van der Waals surface area contributed by atoms with Crippen molar-refractivity contribution in [1.29, 1.82) is 0 Å². The van der Waals surface area contributed by atoms with Crippen LogP contribution in [0.4, 0.5) is 0 Å². The van der Waals surface area contributed by atoms with Crippen LogP contribution in [-0.2, 0) is 24.0 Å². The number of fused-ring (bicyclic) bond motifs is 1. The Labute approximate surface area is 235 Å². The fourth-order valence-corrected chi connectivity index (χ4v) is 5.19. The fraction of sp³-hybridized carbons (Fsp3) is 0.560. The number of carbonyl (C=O) groups excluding carboxylic acids is 5. The highest BCUT2D eigenvalue weighted by atomic mass is 35.5. The average Bonchev–Trinajstić information content (AvgIpc) is 3.21. The van der Waals surface area contributed by atoms with Crippen LogP contribution in [0.5, 0.6) is 0 Å². The van der Waals surface area contributed by atoms with Gasteiger partial charge in [0.1, 0.15) is 24.2 Å². The molecule has 0 aliphatic carbocycles. The zero-order chi connectivity index (χ0) is 28.9. The number of aliphatic hydroxyl groups excluding tert-OH is 2. The van der Waals surface area contributed by atoms with Gasteiger partial charge >= 0.3 is 0 Å². The number of nitrogens with zero attached hydrogens (tertiary/aromatic N) is 1. The van der Waals surface area contributed by atoms with Crippen molar-refractivity contribution in [2.24, 2.45) is 0 Å². The molecule has 5 amide bonds. The molecule has 2 fully saturated rings. The van der Waals surface area contributed by atoms with Crippen LogP contribution in [0.3, 0.4) is 0 Å². The van der Waals surface area contributed by atoms with E-state index in [1.807, 2.05) is 0 Å². The van der Waals surface area contributed by atoms with E-state index in [-0.39, 0.29) is 19.4 Å². The Bertz CT molecular complexity index is 1080. The van der Waals surface area contributed by atoms with Gasteiger partial charge in [-0.1, -0.05) is 37.3 Å². The highest BCUT2D eigenvalue weighted by Gasteiger charge is 2.48. The molecule has 214 valence electrons. The first-order chi connectivity index (χ1) is 18.5. The summed E-state index contributed by atoms with van der Waals surface area (Å²) in [5.74, 6) is -3.75. The molecular weight excluding hydrogens is 553 g/mol. The normalized spacial score (nSPS) is 32.0. The number of halogens is 2. The van der Waals surface area contributed by atoms with Crippen LogP contribution < -0.4 is 21.3 Å². The Kier molecular flexibility index (Phi) is 10.5. The number of benzene rings is 1. The van der Waals surface area contributed by atoms with Crippen molar-refractivity contribution in [2.75, 3.05) is 13.2 Å². The van der Waals surface area contributed by atoms with E-state index in [0.29, 0.717) is 5.56 Å². The number of aliphatic hydroxyl groups is 2. The zero-order valence-corrected chi connectivity index (χ0v) is 23.0. The molecule has 1 aromatic carbocycles. The van der Waals surface area contributed by atoms with Crippen LogP contribution in [0.2, 0.25) is 0 Å². The first-order valence-corrected chi connectivity index (χ1v) is 13.5. The van der Waals surface area contributed by atoms with E-state index in [4.69, 9.17) is 23.2 Å². The molecule has 2 aliphatic heterocycles. The van der Waals surface area contributed by atoms with E-state index in [2.05, 4.69) is 21.3 Å². The summed E-state index contributed by atoms with van der Waals surface area (Å²) in [6.45, 7) is 2.05. The van der Waals surface area contributed by atoms with Crippen molar-refractivity contribution in [2.45, 2.75) is 73.8 Å². The highest BCUT2D eigenvalue weighted by Crippen LogP contribution is 2.29. The number of hydrogen-bond acceptors (Lipinski definition) is 7. The highest BCUT2D eigenvalue weighted by molar-refractivity contribution is 6.32. The second-order valence-electron chi connectivity index (χ2n) is 9.57. The molecule has 0 radical (unpaired) electrons. The Balaban J connectivity index is 2.02. The first kappa shape index (κ1) is 30.6. The lowest BCUT2D eigenvalue weighted by Gasteiger charge is -2.32. The Morgan fingerprint density at radius 3 is 2.21 bits per heavy atom. The van der Waals surface area contributed by atoms with Crippen LogP contribution in [0.1, 0.15) is 38.3 Å². The monoisotopic (exact) mass is 585 g/mol. The first-order valence-electron chi connectivity index (χ1n) is 12.6. The van der Waals surface area contributed by atoms with Crippen molar-refractivity contribution in [3.8, 4) is 0 Å². The Morgan fingerprint density at radius 2 is 1.62 bits per heavy atom. The molecule has 2 heterocycles. The quantitative estimate of drug-likeness (QED) is 0.243. The van der Waals surface area contributed by atoms with Gasteiger partial charge in [-0.15, -0.1) is 23.2 Å². The van der Waals surface area contributed by atoms with Crippen LogP contribution in [0, 0.1) is 0 Å². The maximum absolute atomic E-state index is 13.5. The third kappa shape index (κ3) is 7.18. The summed E-state index contributed by atoms with van der Waals surface area (Å²) in [7, 11) is 0. The number of amides is 5. The minimum atomic E-state index is -1.55. The van der Waals surface area contributed by atoms with E-state index in [1.54, 1.807) is 37.3 Å². The van der Waals surface area contributed by atoms with Gasteiger partial charge in [0, 0.05) is 6.54 Å². The molecule has 0 aromatic heterocycles. The van der Waals surface area contributed by atoms with Crippen molar-refractivity contribution < 1.29 is 34.2 Å². The third-order valence-corrected chi connectivity index (χ3v) is 7.81. The van der Waals surface area contributed by atoms with E-state index >= 15 is 0 Å². The number of carbonyl (C=O) groups is 5. The standard InChI is InChI=1S/C25H33Cl2N5O7/c1-3-15-25(39)32-10-14(26)19(27)21(32)24(38)31-20(12(2)34)23(37)30-17(11-33)22(36)29-16(9-18(35)28-15)13-7-5-4-6-8-13/h4-8,12,14-17,19-21,33-34H,3,9-11H2,1-2H3,(H,28,35)(H,29,36)(H,30,37)(H,31,38)/t12-,14-,15+,16-,17+,19-,20+,21+/m1/s1. The minimum Gasteiger partial charge on any atom is -0.394 e. The molecular formula is C25H33Cl2N5O7. The molecule has 1 aromatic rings. The molecule has 0 unspecified atom stereocenters. The van der Waals surface area contributed by atoms with Gasteiger partial charge in [0.05, 0.1) is 35.9 Å². The van der Waals surface area contributed by atoms with E-state index in [9.17, 15) is 34.2 Å². The topological polar surface area (TPSA) is 177 Å². The summed E-state index contributed by atoms with van der Waals surface area (Å²) in [5, 5.41) is 28.3. The molecule has 8 atom stereocenters. The minimum absolute atomic E-state index is 0.0835. The smallest absolute Gasteiger partial charge is 0.245 e. The fourth-order valence-electron chi connectivity index (χ4n) is 4.57. The lowest BCUT2D eigenvalue weighted by Crippen LogP contribution is -2.62. The van der Waals surface area contributed by atoms with Crippen LogP contribution >= 0.6 is 23.2 Å². The van der Waals surface area contributed by atoms with Crippen LogP contribution in [-0.4, -0.2) is 98.8 Å². The van der Waals surface area contributed by atoms with E-state index < -0.39 is 83.2 Å². The summed E-state index contributed by atoms with van der Waals surface area (Å²) < 4.78 is 0. The Morgan fingerprint density at radius 1 is 0.949 bits per heavy atom. The molecule has 12 nitrogen and oxygen atoms in total. The molecule has 39 heavy (non-hydrogen) atoms. The summed E-state index contributed by atoms with van der Waals surface area (Å²) in [5.41, 5.74) is 0.577. The third-order valence-electron chi connectivity index (χ3n) is 6.73. The molecule has 0 bridgehead atoms. The van der Waals surface area contributed by atoms with Gasteiger partial charge in [-0.05, 0) is 18.9 Å². The van der Waals surface area contributed by atoms with Gasteiger partial charge < -0.3 is 36.4 Å². The van der Waals surface area contributed by atoms with Crippen LogP contribution in [0.25, 0.3) is 0 Å². The lowest BCUT2D eigenvalue weighted by atomic mass is 10.0.